The summed E-state index contributed by atoms with van der Waals surface area (Å²) in [5, 5.41) is 3.07. The molecular formula is C23H31N3O. The number of hydrogen-bond donors (Lipinski definition) is 1. The van der Waals surface area contributed by atoms with Crippen LogP contribution in [0.1, 0.15) is 35.1 Å². The topological polar surface area (TPSA) is 35.6 Å². The van der Waals surface area contributed by atoms with Crippen molar-refractivity contribution in [2.75, 3.05) is 36.9 Å². The molecular weight excluding hydrogens is 334 g/mol. The molecule has 0 atom stereocenters. The predicted octanol–water partition coefficient (Wildman–Crippen LogP) is 4.28. The lowest BCUT2D eigenvalue weighted by atomic mass is 10.1. The summed E-state index contributed by atoms with van der Waals surface area (Å²) in [6.07, 6.45) is 2.54. The molecule has 1 fully saturated rings. The summed E-state index contributed by atoms with van der Waals surface area (Å²) in [7, 11) is 1.99. The van der Waals surface area contributed by atoms with Gasteiger partial charge in [0.05, 0.1) is 6.54 Å². The monoisotopic (exact) mass is 365 g/mol. The minimum atomic E-state index is 0.0271. The van der Waals surface area contributed by atoms with Gasteiger partial charge in [-0.05, 0) is 75.5 Å². The van der Waals surface area contributed by atoms with Crippen LogP contribution in [0.3, 0.4) is 0 Å². The normalized spacial score (nSPS) is 14.0. The molecule has 0 radical (unpaired) electrons. The number of carbonyl (C=O) groups is 1. The molecule has 3 rings (SSSR count). The Morgan fingerprint density at radius 1 is 1.04 bits per heavy atom. The number of nitrogens with zero attached hydrogens (tertiary/aromatic N) is 2. The molecule has 1 N–H and O–H groups in total. The second-order valence-corrected chi connectivity index (χ2v) is 7.84. The molecule has 0 aliphatic carbocycles. The fourth-order valence-corrected chi connectivity index (χ4v) is 3.76. The molecule has 4 heteroatoms. The number of aryl methyl sites for hydroxylation is 3. The lowest BCUT2D eigenvalue weighted by Crippen LogP contribution is -2.30. The van der Waals surface area contributed by atoms with Gasteiger partial charge in [-0.3, -0.25) is 9.69 Å². The second-order valence-electron chi connectivity index (χ2n) is 7.84. The first-order valence-electron chi connectivity index (χ1n) is 9.82. The van der Waals surface area contributed by atoms with E-state index >= 15 is 0 Å². The van der Waals surface area contributed by atoms with E-state index in [4.69, 9.17) is 0 Å². The van der Waals surface area contributed by atoms with Gasteiger partial charge in [0.25, 0.3) is 0 Å². The van der Waals surface area contributed by atoms with Crippen molar-refractivity contribution in [2.45, 2.75) is 40.2 Å². The first-order chi connectivity index (χ1) is 12.9. The van der Waals surface area contributed by atoms with Gasteiger partial charge in [-0.2, -0.15) is 0 Å². The SMILES string of the molecule is Cc1ccc(CN(C)CC(=O)Nc2ccc(N3CCCC3)cc2C)c(C)c1. The van der Waals surface area contributed by atoms with Gasteiger partial charge >= 0.3 is 0 Å². The van der Waals surface area contributed by atoms with Crippen LogP contribution in [0.25, 0.3) is 0 Å². The molecule has 2 aromatic carbocycles. The van der Waals surface area contributed by atoms with Crippen molar-refractivity contribution in [3.05, 3.63) is 58.7 Å². The number of carbonyl (C=O) groups excluding carboxylic acids is 1. The van der Waals surface area contributed by atoms with E-state index in [1.165, 1.54) is 35.2 Å². The predicted molar refractivity (Wildman–Crippen MR) is 114 cm³/mol. The van der Waals surface area contributed by atoms with E-state index in [-0.39, 0.29) is 5.91 Å². The Bertz CT molecular complexity index is 809. The summed E-state index contributed by atoms with van der Waals surface area (Å²) in [4.78, 5) is 17.0. The van der Waals surface area contributed by atoms with Gasteiger partial charge in [-0.15, -0.1) is 0 Å². The van der Waals surface area contributed by atoms with Crippen LogP contribution < -0.4 is 10.2 Å². The van der Waals surface area contributed by atoms with Gasteiger partial charge < -0.3 is 10.2 Å². The molecule has 1 aliphatic rings. The minimum absolute atomic E-state index is 0.0271. The van der Waals surface area contributed by atoms with E-state index in [1.54, 1.807) is 0 Å². The van der Waals surface area contributed by atoms with Crippen LogP contribution in [0.2, 0.25) is 0 Å². The number of hydrogen-bond acceptors (Lipinski definition) is 3. The third-order valence-corrected chi connectivity index (χ3v) is 5.31. The largest absolute Gasteiger partial charge is 0.372 e. The van der Waals surface area contributed by atoms with E-state index in [0.29, 0.717) is 6.54 Å². The van der Waals surface area contributed by atoms with Crippen molar-refractivity contribution in [1.29, 1.82) is 0 Å². The number of anilines is 2. The van der Waals surface area contributed by atoms with Crippen LogP contribution >= 0.6 is 0 Å². The minimum Gasteiger partial charge on any atom is -0.372 e. The maximum atomic E-state index is 12.5. The fraction of sp³-hybridized carbons (Fsp3) is 0.435. The summed E-state index contributed by atoms with van der Waals surface area (Å²) in [5.41, 5.74) is 7.09. The molecule has 0 aromatic heterocycles. The highest BCUT2D eigenvalue weighted by Gasteiger charge is 2.14. The van der Waals surface area contributed by atoms with Gasteiger partial charge in [0.15, 0.2) is 0 Å². The van der Waals surface area contributed by atoms with Crippen LogP contribution in [0.5, 0.6) is 0 Å². The standard InChI is InChI=1S/C23H31N3O/c1-17-7-8-20(18(2)13-17)15-25(4)16-23(27)24-22-10-9-21(14-19(22)3)26-11-5-6-12-26/h7-10,13-14H,5-6,11-12,15-16H2,1-4H3,(H,24,27). The quantitative estimate of drug-likeness (QED) is 0.830. The fourth-order valence-electron chi connectivity index (χ4n) is 3.76. The summed E-state index contributed by atoms with van der Waals surface area (Å²) in [6, 6.07) is 12.8. The maximum absolute atomic E-state index is 12.5. The Labute approximate surface area is 163 Å². The van der Waals surface area contributed by atoms with E-state index in [1.807, 2.05) is 13.1 Å². The lowest BCUT2D eigenvalue weighted by Gasteiger charge is -2.20. The van der Waals surface area contributed by atoms with Crippen molar-refractivity contribution < 1.29 is 4.79 Å². The van der Waals surface area contributed by atoms with Gasteiger partial charge in [0.2, 0.25) is 5.91 Å². The molecule has 1 heterocycles. The number of rotatable bonds is 6. The molecule has 27 heavy (non-hydrogen) atoms. The summed E-state index contributed by atoms with van der Waals surface area (Å²) >= 11 is 0. The summed E-state index contributed by atoms with van der Waals surface area (Å²) in [6.45, 7) is 9.71. The zero-order chi connectivity index (χ0) is 19.4. The van der Waals surface area contributed by atoms with Crippen LogP contribution in [-0.4, -0.2) is 37.5 Å². The van der Waals surface area contributed by atoms with Crippen LogP contribution in [0.4, 0.5) is 11.4 Å². The summed E-state index contributed by atoms with van der Waals surface area (Å²) < 4.78 is 0. The van der Waals surface area contributed by atoms with E-state index < -0.39 is 0 Å². The zero-order valence-electron chi connectivity index (χ0n) is 17.0. The van der Waals surface area contributed by atoms with E-state index in [2.05, 4.69) is 66.2 Å². The smallest absolute Gasteiger partial charge is 0.238 e. The Morgan fingerprint density at radius 2 is 1.78 bits per heavy atom. The molecule has 1 saturated heterocycles. The first-order valence-corrected chi connectivity index (χ1v) is 9.82. The molecule has 1 aliphatic heterocycles. The number of nitrogens with one attached hydrogen (secondary N) is 1. The Balaban J connectivity index is 1.56. The molecule has 0 bridgehead atoms. The Morgan fingerprint density at radius 3 is 2.44 bits per heavy atom. The molecule has 1 amide bonds. The summed E-state index contributed by atoms with van der Waals surface area (Å²) in [5.74, 6) is 0.0271. The van der Waals surface area contributed by atoms with Crippen molar-refractivity contribution in [1.82, 2.24) is 4.90 Å². The Kier molecular flexibility index (Phi) is 6.17. The highest BCUT2D eigenvalue weighted by atomic mass is 16.2. The highest BCUT2D eigenvalue weighted by Crippen LogP contribution is 2.25. The van der Waals surface area contributed by atoms with Crippen molar-refractivity contribution in [3.63, 3.8) is 0 Å². The zero-order valence-corrected chi connectivity index (χ0v) is 17.0. The van der Waals surface area contributed by atoms with Gasteiger partial charge in [-0.1, -0.05) is 23.8 Å². The van der Waals surface area contributed by atoms with E-state index in [9.17, 15) is 4.79 Å². The first kappa shape index (κ1) is 19.4. The number of likely N-dealkylation sites (N-methyl/N-ethyl adjacent to an activating group) is 1. The van der Waals surface area contributed by atoms with Crippen LogP contribution in [0, 0.1) is 20.8 Å². The average molecular weight is 366 g/mol. The van der Waals surface area contributed by atoms with Gasteiger partial charge in [-0.25, -0.2) is 0 Å². The molecule has 144 valence electrons. The van der Waals surface area contributed by atoms with Gasteiger partial charge in [0, 0.05) is 31.0 Å². The van der Waals surface area contributed by atoms with Crippen molar-refractivity contribution in [2.24, 2.45) is 0 Å². The Hall–Kier alpha value is -2.33. The third-order valence-electron chi connectivity index (χ3n) is 5.31. The highest BCUT2D eigenvalue weighted by molar-refractivity contribution is 5.93. The average Bonchev–Trinajstić information content (AvgIpc) is 3.14. The van der Waals surface area contributed by atoms with Crippen molar-refractivity contribution in [3.8, 4) is 0 Å². The number of amides is 1. The molecule has 2 aromatic rings. The molecule has 0 unspecified atom stereocenters. The van der Waals surface area contributed by atoms with Gasteiger partial charge in [0.1, 0.15) is 0 Å². The molecule has 4 nitrogen and oxygen atoms in total. The van der Waals surface area contributed by atoms with E-state index in [0.717, 1.165) is 30.9 Å². The molecule has 0 spiro atoms. The second kappa shape index (κ2) is 8.57. The maximum Gasteiger partial charge on any atom is 0.238 e. The lowest BCUT2D eigenvalue weighted by molar-refractivity contribution is -0.117. The molecule has 0 saturated carbocycles. The van der Waals surface area contributed by atoms with Crippen LogP contribution in [-0.2, 0) is 11.3 Å². The van der Waals surface area contributed by atoms with Crippen molar-refractivity contribution >= 4 is 17.3 Å². The number of benzene rings is 2. The van der Waals surface area contributed by atoms with Crippen LogP contribution in [0.15, 0.2) is 36.4 Å². The third kappa shape index (κ3) is 5.10.